The Morgan fingerprint density at radius 2 is 2.11 bits per heavy atom. The Kier molecular flexibility index (Phi) is 3.77. The summed E-state index contributed by atoms with van der Waals surface area (Å²) in [6.45, 7) is 0.476. The lowest BCUT2D eigenvalue weighted by Crippen LogP contribution is -2.07. The standard InChI is InChI=1S/C12H12BrF2N3/c1-18-10(4-5-16)11(13)12(17-18)8-3-2-7(14)6-9(8)15/h2-3,6H,4-5,16H2,1H3. The molecule has 1 aromatic carbocycles. The van der Waals surface area contributed by atoms with Crippen molar-refractivity contribution in [3.05, 3.63) is 40.0 Å². The molecule has 1 aromatic heterocycles. The maximum Gasteiger partial charge on any atom is 0.135 e. The highest BCUT2D eigenvalue weighted by atomic mass is 79.9. The summed E-state index contributed by atoms with van der Waals surface area (Å²) in [6.07, 6.45) is 0.632. The van der Waals surface area contributed by atoms with Crippen molar-refractivity contribution in [3.63, 3.8) is 0 Å². The number of hydrogen-bond donors (Lipinski definition) is 1. The smallest absolute Gasteiger partial charge is 0.135 e. The summed E-state index contributed by atoms with van der Waals surface area (Å²) in [7, 11) is 1.76. The molecule has 1 heterocycles. The summed E-state index contributed by atoms with van der Waals surface area (Å²) < 4.78 is 28.9. The number of halogens is 3. The molecule has 6 heteroatoms. The van der Waals surface area contributed by atoms with E-state index in [4.69, 9.17) is 5.73 Å². The van der Waals surface area contributed by atoms with Crippen molar-refractivity contribution in [2.24, 2.45) is 12.8 Å². The second-order valence-electron chi connectivity index (χ2n) is 3.90. The third kappa shape index (κ3) is 2.30. The third-order valence-electron chi connectivity index (χ3n) is 2.67. The number of nitrogens with two attached hydrogens (primary N) is 1. The third-order valence-corrected chi connectivity index (χ3v) is 3.50. The first-order valence-corrected chi connectivity index (χ1v) is 6.20. The summed E-state index contributed by atoms with van der Waals surface area (Å²) >= 11 is 3.39. The topological polar surface area (TPSA) is 43.8 Å². The number of rotatable bonds is 3. The number of benzene rings is 1. The van der Waals surface area contributed by atoms with Gasteiger partial charge >= 0.3 is 0 Å². The van der Waals surface area contributed by atoms with Gasteiger partial charge in [-0.1, -0.05) is 0 Å². The molecule has 0 fully saturated rings. The lowest BCUT2D eigenvalue weighted by molar-refractivity contribution is 0.585. The Bertz CT molecular complexity index is 581. The average molecular weight is 316 g/mol. The summed E-state index contributed by atoms with van der Waals surface area (Å²) in [4.78, 5) is 0. The van der Waals surface area contributed by atoms with Gasteiger partial charge in [-0.2, -0.15) is 5.10 Å². The highest BCUT2D eigenvalue weighted by Gasteiger charge is 2.17. The Balaban J connectivity index is 2.54. The molecular formula is C12H12BrF2N3. The van der Waals surface area contributed by atoms with Gasteiger partial charge in [-0.15, -0.1) is 0 Å². The van der Waals surface area contributed by atoms with E-state index in [1.54, 1.807) is 11.7 Å². The van der Waals surface area contributed by atoms with Crippen LogP contribution in [0.1, 0.15) is 5.69 Å². The Morgan fingerprint density at radius 3 is 2.72 bits per heavy atom. The molecule has 0 aliphatic carbocycles. The second-order valence-corrected chi connectivity index (χ2v) is 4.69. The minimum Gasteiger partial charge on any atom is -0.330 e. The van der Waals surface area contributed by atoms with Crippen LogP contribution in [-0.4, -0.2) is 16.3 Å². The fourth-order valence-electron chi connectivity index (χ4n) is 1.79. The van der Waals surface area contributed by atoms with Crippen LogP contribution in [0.4, 0.5) is 8.78 Å². The van der Waals surface area contributed by atoms with Crippen molar-refractivity contribution < 1.29 is 8.78 Å². The van der Waals surface area contributed by atoms with Gasteiger partial charge in [0.25, 0.3) is 0 Å². The molecule has 0 aliphatic heterocycles. The number of aryl methyl sites for hydroxylation is 1. The van der Waals surface area contributed by atoms with E-state index >= 15 is 0 Å². The van der Waals surface area contributed by atoms with Crippen molar-refractivity contribution in [2.45, 2.75) is 6.42 Å². The number of nitrogens with zero attached hydrogens (tertiary/aromatic N) is 2. The van der Waals surface area contributed by atoms with Crippen LogP contribution in [0.3, 0.4) is 0 Å². The molecule has 0 saturated carbocycles. The van der Waals surface area contributed by atoms with Crippen molar-refractivity contribution in [3.8, 4) is 11.3 Å². The van der Waals surface area contributed by atoms with Crippen molar-refractivity contribution >= 4 is 15.9 Å². The predicted molar refractivity (Wildman–Crippen MR) is 69.0 cm³/mol. The van der Waals surface area contributed by atoms with E-state index in [1.807, 2.05) is 0 Å². The van der Waals surface area contributed by atoms with Gasteiger partial charge < -0.3 is 5.73 Å². The molecule has 2 N–H and O–H groups in total. The van der Waals surface area contributed by atoms with Crippen molar-refractivity contribution in [2.75, 3.05) is 6.54 Å². The van der Waals surface area contributed by atoms with E-state index in [0.29, 0.717) is 23.1 Å². The van der Waals surface area contributed by atoms with E-state index < -0.39 is 11.6 Å². The largest absolute Gasteiger partial charge is 0.330 e. The molecular weight excluding hydrogens is 304 g/mol. The zero-order valence-corrected chi connectivity index (χ0v) is 11.3. The molecule has 0 amide bonds. The summed E-state index contributed by atoms with van der Waals surface area (Å²) in [5.74, 6) is -1.24. The molecule has 18 heavy (non-hydrogen) atoms. The van der Waals surface area contributed by atoms with Crippen LogP contribution >= 0.6 is 15.9 Å². The normalized spacial score (nSPS) is 10.9. The van der Waals surface area contributed by atoms with Crippen LogP contribution in [-0.2, 0) is 13.5 Å². The fourth-order valence-corrected chi connectivity index (χ4v) is 2.54. The molecule has 0 saturated heterocycles. The second kappa shape index (κ2) is 5.16. The Morgan fingerprint density at radius 1 is 1.39 bits per heavy atom. The zero-order valence-electron chi connectivity index (χ0n) is 9.75. The van der Waals surface area contributed by atoms with E-state index in [1.165, 1.54) is 12.1 Å². The fraction of sp³-hybridized carbons (Fsp3) is 0.250. The van der Waals surface area contributed by atoms with E-state index in [0.717, 1.165) is 11.8 Å². The Hall–Kier alpha value is -1.27. The van der Waals surface area contributed by atoms with Crippen molar-refractivity contribution in [1.82, 2.24) is 9.78 Å². The van der Waals surface area contributed by atoms with Crippen LogP contribution < -0.4 is 5.73 Å². The maximum atomic E-state index is 13.7. The van der Waals surface area contributed by atoms with Gasteiger partial charge in [0, 0.05) is 25.1 Å². The zero-order chi connectivity index (χ0) is 13.3. The molecule has 0 unspecified atom stereocenters. The quantitative estimate of drug-likeness (QED) is 0.946. The first-order chi connectivity index (χ1) is 8.54. The first-order valence-electron chi connectivity index (χ1n) is 5.41. The molecule has 0 atom stereocenters. The average Bonchev–Trinajstić information content (AvgIpc) is 2.58. The van der Waals surface area contributed by atoms with Crippen molar-refractivity contribution in [1.29, 1.82) is 0 Å². The van der Waals surface area contributed by atoms with Crippen LogP contribution in [0, 0.1) is 11.6 Å². The van der Waals surface area contributed by atoms with E-state index in [9.17, 15) is 8.78 Å². The monoisotopic (exact) mass is 315 g/mol. The molecule has 96 valence electrons. The molecule has 2 aromatic rings. The molecule has 0 bridgehead atoms. The minimum atomic E-state index is -0.631. The van der Waals surface area contributed by atoms with Gasteiger partial charge in [0.1, 0.15) is 17.3 Å². The minimum absolute atomic E-state index is 0.266. The van der Waals surface area contributed by atoms with Gasteiger partial charge in [-0.05, 0) is 34.6 Å². The first kappa shape index (κ1) is 13.2. The molecule has 0 radical (unpaired) electrons. The van der Waals surface area contributed by atoms with Gasteiger partial charge in [0.05, 0.1) is 10.2 Å². The van der Waals surface area contributed by atoms with Gasteiger partial charge in [0.2, 0.25) is 0 Å². The van der Waals surface area contributed by atoms with Crippen LogP contribution in [0.2, 0.25) is 0 Å². The molecule has 0 spiro atoms. The van der Waals surface area contributed by atoms with Crippen LogP contribution in [0.5, 0.6) is 0 Å². The summed E-state index contributed by atoms with van der Waals surface area (Å²) in [5, 5.41) is 4.24. The highest BCUT2D eigenvalue weighted by molar-refractivity contribution is 9.10. The highest BCUT2D eigenvalue weighted by Crippen LogP contribution is 2.32. The lowest BCUT2D eigenvalue weighted by Gasteiger charge is -2.01. The Labute approximate surface area is 112 Å². The SMILES string of the molecule is Cn1nc(-c2ccc(F)cc2F)c(Br)c1CCN. The molecule has 2 rings (SSSR count). The maximum absolute atomic E-state index is 13.7. The summed E-state index contributed by atoms with van der Waals surface area (Å²) in [5.41, 5.74) is 7.12. The predicted octanol–water partition coefficient (Wildman–Crippen LogP) is 2.63. The van der Waals surface area contributed by atoms with Gasteiger partial charge in [-0.3, -0.25) is 4.68 Å². The van der Waals surface area contributed by atoms with Gasteiger partial charge in [0.15, 0.2) is 0 Å². The van der Waals surface area contributed by atoms with Crippen LogP contribution in [0.25, 0.3) is 11.3 Å². The van der Waals surface area contributed by atoms with Crippen LogP contribution in [0.15, 0.2) is 22.7 Å². The summed E-state index contributed by atoms with van der Waals surface area (Å²) in [6, 6.07) is 3.44. The number of hydrogen-bond acceptors (Lipinski definition) is 2. The lowest BCUT2D eigenvalue weighted by atomic mass is 10.1. The van der Waals surface area contributed by atoms with E-state index in [-0.39, 0.29) is 5.56 Å². The molecule has 3 nitrogen and oxygen atoms in total. The molecule has 0 aliphatic rings. The number of aromatic nitrogens is 2. The van der Waals surface area contributed by atoms with E-state index in [2.05, 4.69) is 21.0 Å². The van der Waals surface area contributed by atoms with Gasteiger partial charge in [-0.25, -0.2) is 8.78 Å².